The second kappa shape index (κ2) is 4.19. The van der Waals surface area contributed by atoms with Crippen LogP contribution in [-0.4, -0.2) is 26.8 Å². The standard InChI is InChI=1S/C9H11F3N2O2S/c1-14(2)17(15,16)8-5-6(9(10,11)12)3-4-7(8)13/h3-5H,13H2,1-2H3. The highest BCUT2D eigenvalue weighted by Crippen LogP contribution is 2.33. The number of rotatable bonds is 2. The van der Waals surface area contributed by atoms with Gasteiger partial charge < -0.3 is 5.73 Å². The molecule has 1 rings (SSSR count). The van der Waals surface area contributed by atoms with Gasteiger partial charge in [-0.1, -0.05) is 0 Å². The average molecular weight is 268 g/mol. The lowest BCUT2D eigenvalue weighted by Crippen LogP contribution is -2.23. The first kappa shape index (κ1) is 13.8. The molecule has 0 fully saturated rings. The van der Waals surface area contributed by atoms with Crippen molar-refractivity contribution < 1.29 is 21.6 Å². The first-order valence-corrected chi connectivity index (χ1v) is 5.90. The summed E-state index contributed by atoms with van der Waals surface area (Å²) in [5.41, 5.74) is 4.12. The number of anilines is 1. The summed E-state index contributed by atoms with van der Waals surface area (Å²) in [6.45, 7) is 0. The fourth-order valence-corrected chi connectivity index (χ4v) is 2.17. The van der Waals surface area contributed by atoms with Crippen LogP contribution in [0.15, 0.2) is 23.1 Å². The number of nitrogens with zero attached hydrogens (tertiary/aromatic N) is 1. The molecule has 1 aromatic carbocycles. The third-order valence-corrected chi connectivity index (χ3v) is 3.97. The van der Waals surface area contributed by atoms with Gasteiger partial charge in [-0.25, -0.2) is 12.7 Å². The van der Waals surface area contributed by atoms with E-state index < -0.39 is 26.7 Å². The van der Waals surface area contributed by atoms with Crippen LogP contribution in [0, 0.1) is 0 Å². The number of alkyl halides is 3. The van der Waals surface area contributed by atoms with E-state index >= 15 is 0 Å². The second-order valence-corrected chi connectivity index (χ2v) is 5.66. The highest BCUT2D eigenvalue weighted by Gasteiger charge is 2.33. The zero-order chi connectivity index (χ0) is 13.4. The largest absolute Gasteiger partial charge is 0.416 e. The van der Waals surface area contributed by atoms with Crippen LogP contribution in [0.25, 0.3) is 0 Å². The molecule has 2 N–H and O–H groups in total. The molecular formula is C9H11F3N2O2S. The highest BCUT2D eigenvalue weighted by molar-refractivity contribution is 7.89. The molecule has 0 saturated carbocycles. The normalized spacial score (nSPS) is 13.1. The first-order chi connectivity index (χ1) is 7.56. The Bertz CT molecular complexity index is 524. The van der Waals surface area contributed by atoms with E-state index in [0.717, 1.165) is 16.4 Å². The lowest BCUT2D eigenvalue weighted by atomic mass is 10.2. The van der Waals surface area contributed by atoms with Crippen LogP contribution >= 0.6 is 0 Å². The van der Waals surface area contributed by atoms with Crippen molar-refractivity contribution in [2.24, 2.45) is 0 Å². The number of hydrogen-bond acceptors (Lipinski definition) is 3. The van der Waals surface area contributed by atoms with Gasteiger partial charge in [-0.15, -0.1) is 0 Å². The molecule has 4 nitrogen and oxygen atoms in total. The van der Waals surface area contributed by atoms with Crippen LogP contribution in [0.3, 0.4) is 0 Å². The Labute approximate surface area is 96.9 Å². The molecule has 96 valence electrons. The van der Waals surface area contributed by atoms with Crippen molar-refractivity contribution in [2.75, 3.05) is 19.8 Å². The molecular weight excluding hydrogens is 257 g/mol. The predicted octanol–water partition coefficient (Wildman–Crippen LogP) is 1.54. The fourth-order valence-electron chi connectivity index (χ4n) is 1.13. The van der Waals surface area contributed by atoms with Gasteiger partial charge in [0.05, 0.1) is 11.3 Å². The van der Waals surface area contributed by atoms with Gasteiger partial charge in [0.15, 0.2) is 0 Å². The topological polar surface area (TPSA) is 63.4 Å². The zero-order valence-electron chi connectivity index (χ0n) is 9.12. The van der Waals surface area contributed by atoms with Gasteiger partial charge in [-0.3, -0.25) is 0 Å². The summed E-state index contributed by atoms with van der Waals surface area (Å²) in [5.74, 6) is 0. The number of halogens is 3. The Hall–Kier alpha value is -1.28. The molecule has 0 unspecified atom stereocenters. The Kier molecular flexibility index (Phi) is 3.40. The van der Waals surface area contributed by atoms with E-state index in [9.17, 15) is 21.6 Å². The molecule has 0 saturated heterocycles. The van der Waals surface area contributed by atoms with Gasteiger partial charge >= 0.3 is 6.18 Å². The van der Waals surface area contributed by atoms with Crippen molar-refractivity contribution in [2.45, 2.75) is 11.1 Å². The minimum absolute atomic E-state index is 0.216. The minimum atomic E-state index is -4.61. The van der Waals surface area contributed by atoms with E-state index in [1.165, 1.54) is 14.1 Å². The molecule has 0 aliphatic heterocycles. The molecule has 0 aliphatic rings. The van der Waals surface area contributed by atoms with Gasteiger partial charge in [-0.05, 0) is 18.2 Å². The van der Waals surface area contributed by atoms with E-state index in [0.29, 0.717) is 6.07 Å². The summed E-state index contributed by atoms with van der Waals surface area (Å²) in [7, 11) is -1.55. The molecule has 0 aliphatic carbocycles. The number of nitrogens with two attached hydrogens (primary N) is 1. The van der Waals surface area contributed by atoms with E-state index in [1.807, 2.05) is 0 Å². The van der Waals surface area contributed by atoms with Crippen LogP contribution in [0.4, 0.5) is 18.9 Å². The zero-order valence-corrected chi connectivity index (χ0v) is 9.93. The molecule has 17 heavy (non-hydrogen) atoms. The van der Waals surface area contributed by atoms with Crippen LogP contribution in [-0.2, 0) is 16.2 Å². The molecule has 0 bridgehead atoms. The lowest BCUT2D eigenvalue weighted by Gasteiger charge is -2.15. The molecule has 0 radical (unpaired) electrons. The van der Waals surface area contributed by atoms with Crippen molar-refractivity contribution in [3.8, 4) is 0 Å². The van der Waals surface area contributed by atoms with E-state index in [-0.39, 0.29) is 5.69 Å². The van der Waals surface area contributed by atoms with Crippen molar-refractivity contribution in [3.05, 3.63) is 23.8 Å². The maximum atomic E-state index is 12.4. The average Bonchev–Trinajstić information content (AvgIpc) is 2.15. The van der Waals surface area contributed by atoms with Gasteiger partial charge in [-0.2, -0.15) is 13.2 Å². The summed E-state index contributed by atoms with van der Waals surface area (Å²) < 4.78 is 61.5. The quantitative estimate of drug-likeness (QED) is 0.827. The third kappa shape index (κ3) is 2.70. The summed E-state index contributed by atoms with van der Waals surface area (Å²) in [5, 5.41) is 0. The maximum Gasteiger partial charge on any atom is 0.416 e. The van der Waals surface area contributed by atoms with Gasteiger partial charge in [0.25, 0.3) is 0 Å². The van der Waals surface area contributed by atoms with Crippen LogP contribution in [0.1, 0.15) is 5.56 Å². The molecule has 8 heteroatoms. The Morgan fingerprint density at radius 2 is 1.76 bits per heavy atom. The number of nitrogen functional groups attached to an aromatic ring is 1. The van der Waals surface area contributed by atoms with Crippen LogP contribution < -0.4 is 5.73 Å². The molecule has 1 aromatic rings. The van der Waals surface area contributed by atoms with E-state index in [2.05, 4.69) is 0 Å². The van der Waals surface area contributed by atoms with Crippen LogP contribution in [0.5, 0.6) is 0 Å². The fraction of sp³-hybridized carbons (Fsp3) is 0.333. The minimum Gasteiger partial charge on any atom is -0.398 e. The summed E-state index contributed by atoms with van der Waals surface area (Å²) in [6.07, 6.45) is -4.61. The van der Waals surface area contributed by atoms with Gasteiger partial charge in [0.1, 0.15) is 4.90 Å². The molecule has 0 spiro atoms. The van der Waals surface area contributed by atoms with Crippen molar-refractivity contribution in [3.63, 3.8) is 0 Å². The maximum absolute atomic E-state index is 12.4. The molecule has 0 heterocycles. The van der Waals surface area contributed by atoms with Crippen molar-refractivity contribution in [1.82, 2.24) is 4.31 Å². The monoisotopic (exact) mass is 268 g/mol. The summed E-state index contributed by atoms with van der Waals surface area (Å²) in [4.78, 5) is -0.544. The Morgan fingerprint density at radius 3 is 2.18 bits per heavy atom. The number of sulfonamides is 1. The highest BCUT2D eigenvalue weighted by atomic mass is 32.2. The van der Waals surface area contributed by atoms with E-state index in [1.54, 1.807) is 0 Å². The predicted molar refractivity (Wildman–Crippen MR) is 56.7 cm³/mol. The molecule has 0 aromatic heterocycles. The number of benzene rings is 1. The lowest BCUT2D eigenvalue weighted by molar-refractivity contribution is -0.137. The number of hydrogen-bond donors (Lipinski definition) is 1. The smallest absolute Gasteiger partial charge is 0.398 e. The van der Waals surface area contributed by atoms with Crippen LogP contribution in [0.2, 0.25) is 0 Å². The van der Waals surface area contributed by atoms with Crippen molar-refractivity contribution >= 4 is 15.7 Å². The molecule has 0 atom stereocenters. The Morgan fingerprint density at radius 1 is 1.24 bits per heavy atom. The molecule has 0 amide bonds. The van der Waals surface area contributed by atoms with Gasteiger partial charge in [0, 0.05) is 14.1 Å². The SMILES string of the molecule is CN(C)S(=O)(=O)c1cc(C(F)(F)F)ccc1N. The second-order valence-electron chi connectivity index (χ2n) is 3.54. The third-order valence-electron chi connectivity index (χ3n) is 2.10. The van der Waals surface area contributed by atoms with E-state index in [4.69, 9.17) is 5.73 Å². The summed E-state index contributed by atoms with van der Waals surface area (Å²) >= 11 is 0. The van der Waals surface area contributed by atoms with Gasteiger partial charge in [0.2, 0.25) is 10.0 Å². The first-order valence-electron chi connectivity index (χ1n) is 4.46. The Balaban J connectivity index is 3.46. The van der Waals surface area contributed by atoms with Crippen molar-refractivity contribution in [1.29, 1.82) is 0 Å². The summed E-state index contributed by atoms with van der Waals surface area (Å²) in [6, 6.07) is 2.20.